The molecule has 4 heterocycles. The number of amides is 1. The maximum atomic E-state index is 14.1. The number of sulfonamides is 1. The lowest BCUT2D eigenvalue weighted by Gasteiger charge is -2.58. The minimum Gasteiger partial charge on any atom is -0.493 e. The monoisotopic (exact) mass is 1050 g/mol. The van der Waals surface area contributed by atoms with Crippen LogP contribution >= 0.6 is 0 Å². The van der Waals surface area contributed by atoms with Gasteiger partial charge in [0.2, 0.25) is 0 Å². The Morgan fingerprint density at radius 3 is 2.43 bits per heavy atom. The number of aromatic nitrogens is 2. The SMILES string of the molecule is COc1cccc(CN2CCN(C3CC4(CCN(c5ccc(C(=O)NS(=O)(=O)c6ccc(NC[C@H]7CC[C@](C)(O)CC7)c([N+](=O)[O-])c6)c(Oc6cnc7[nH]ccc7c6)c5)CC4)C3)C(c3ccccc3C(C)C)C2)c1OC. The lowest BCUT2D eigenvalue weighted by atomic mass is 9.59. The van der Waals surface area contributed by atoms with Gasteiger partial charge in [-0.1, -0.05) is 50.2 Å². The number of carbonyl (C=O) groups is 1. The number of nitrogens with zero attached hydrogens (tertiary/aromatic N) is 5. The molecule has 2 aliphatic carbocycles. The predicted molar refractivity (Wildman–Crippen MR) is 293 cm³/mol. The van der Waals surface area contributed by atoms with Crippen LogP contribution in [-0.4, -0.2) is 109 Å². The number of nitro benzene ring substituents is 1. The molecule has 1 spiro atoms. The number of rotatable bonds is 17. The molecule has 10 rings (SSSR count). The number of fused-ring (bicyclic) bond motifs is 1. The molecule has 6 aromatic rings. The summed E-state index contributed by atoms with van der Waals surface area (Å²) in [5.41, 5.74) is 4.60. The molecule has 4 aliphatic rings. The molecule has 0 bridgehead atoms. The summed E-state index contributed by atoms with van der Waals surface area (Å²) in [6.45, 7) is 12.0. The number of para-hydroxylation sites is 1. The minimum absolute atomic E-state index is 0.0348. The van der Waals surface area contributed by atoms with Gasteiger partial charge in [-0.15, -0.1) is 0 Å². The van der Waals surface area contributed by atoms with Crippen LogP contribution in [0.3, 0.4) is 0 Å². The van der Waals surface area contributed by atoms with Gasteiger partial charge in [0, 0.05) is 92.9 Å². The third-order valence-electron chi connectivity index (χ3n) is 16.6. The molecule has 2 saturated heterocycles. The summed E-state index contributed by atoms with van der Waals surface area (Å²) < 4.78 is 47.8. The molecule has 0 radical (unpaired) electrons. The Balaban J connectivity index is 0.834. The summed E-state index contributed by atoms with van der Waals surface area (Å²) in [6.07, 6.45) is 10.3. The highest BCUT2D eigenvalue weighted by Gasteiger charge is 2.50. The van der Waals surface area contributed by atoms with E-state index in [1.165, 1.54) is 29.5 Å². The van der Waals surface area contributed by atoms with Gasteiger partial charge in [0.05, 0.1) is 41.4 Å². The number of hydrogen-bond acceptors (Lipinski definition) is 14. The van der Waals surface area contributed by atoms with E-state index in [0.717, 1.165) is 112 Å². The van der Waals surface area contributed by atoms with E-state index in [-0.39, 0.29) is 34.4 Å². The number of pyridine rings is 1. The molecule has 4 N–H and O–H groups in total. The molecule has 2 aromatic heterocycles. The average molecular weight is 1060 g/mol. The first kappa shape index (κ1) is 52.7. The van der Waals surface area contributed by atoms with E-state index in [4.69, 9.17) is 14.2 Å². The number of anilines is 2. The molecular formula is C58H70N8O9S. The molecule has 76 heavy (non-hydrogen) atoms. The van der Waals surface area contributed by atoms with Crippen molar-refractivity contribution in [2.75, 3.05) is 63.7 Å². The van der Waals surface area contributed by atoms with E-state index in [2.05, 4.69) is 78.9 Å². The maximum absolute atomic E-state index is 14.1. The van der Waals surface area contributed by atoms with Gasteiger partial charge in [0.15, 0.2) is 11.5 Å². The van der Waals surface area contributed by atoms with Gasteiger partial charge in [-0.25, -0.2) is 18.1 Å². The highest BCUT2D eigenvalue weighted by Crippen LogP contribution is 2.53. The fourth-order valence-corrected chi connectivity index (χ4v) is 13.2. The summed E-state index contributed by atoms with van der Waals surface area (Å²) in [6, 6.07) is 28.1. The second-order valence-corrected chi connectivity index (χ2v) is 23.7. The van der Waals surface area contributed by atoms with Gasteiger partial charge in [0.1, 0.15) is 22.8 Å². The molecule has 1 amide bonds. The quantitative estimate of drug-likeness (QED) is 0.0496. The second-order valence-electron chi connectivity index (χ2n) is 22.0. The topological polar surface area (TPSA) is 205 Å². The van der Waals surface area contributed by atoms with E-state index in [1.54, 1.807) is 38.6 Å². The van der Waals surface area contributed by atoms with E-state index in [9.17, 15) is 28.4 Å². The van der Waals surface area contributed by atoms with Crippen LogP contribution in [-0.2, 0) is 16.6 Å². The number of benzene rings is 4. The standard InChI is InChI=1S/C58H70N8O9S/c1-38(2)46-10-6-7-11-47(46)51-37-63(36-41-9-8-12-52(73-4)54(41)74-5)27-28-65(51)43-32-58(33-43)22-25-64(26-23-58)42-13-15-48(53(30-42)75-44-29-40-19-24-59-55(40)61-35-44)56(67)62-76(71,72)45-14-16-49(50(31-45)66(69)70)60-34-39-17-20-57(3,68)21-18-39/h6-16,19,24,29-31,35,38-39,43,51,60,68H,17-18,20-23,25-28,32-34,36-37H2,1-5H3,(H,59,61)(H,62,67)/t39-,51?,57-. The van der Waals surface area contributed by atoms with Gasteiger partial charge in [-0.2, -0.15) is 0 Å². The Kier molecular flexibility index (Phi) is 15.1. The molecule has 402 valence electrons. The molecule has 4 fully saturated rings. The Bertz CT molecular complexity index is 3190. The number of nitrogens with one attached hydrogen (secondary N) is 3. The number of hydrogen-bond donors (Lipinski definition) is 4. The lowest BCUT2D eigenvalue weighted by Crippen LogP contribution is -2.60. The Morgan fingerprint density at radius 1 is 0.921 bits per heavy atom. The van der Waals surface area contributed by atoms with E-state index in [1.807, 2.05) is 31.2 Å². The summed E-state index contributed by atoms with van der Waals surface area (Å²) in [4.78, 5) is 40.5. The number of carbonyl (C=O) groups excluding carboxylic acids is 1. The van der Waals surface area contributed by atoms with Crippen LogP contribution in [0, 0.1) is 21.4 Å². The smallest absolute Gasteiger partial charge is 0.293 e. The first-order chi connectivity index (χ1) is 36.5. The van der Waals surface area contributed by atoms with Gasteiger partial charge >= 0.3 is 0 Å². The third kappa shape index (κ3) is 11.2. The number of ether oxygens (including phenoxy) is 3. The second kappa shape index (κ2) is 21.7. The summed E-state index contributed by atoms with van der Waals surface area (Å²) >= 11 is 0. The van der Waals surface area contributed by atoms with Crippen LogP contribution in [0.5, 0.6) is 23.0 Å². The van der Waals surface area contributed by atoms with E-state index >= 15 is 0 Å². The first-order valence-corrected chi connectivity index (χ1v) is 28.1. The molecule has 1 atom stereocenters. The molecule has 18 heteroatoms. The van der Waals surface area contributed by atoms with Crippen LogP contribution in [0.1, 0.15) is 111 Å². The molecule has 2 saturated carbocycles. The number of aromatic amines is 1. The van der Waals surface area contributed by atoms with Crippen molar-refractivity contribution in [3.8, 4) is 23.0 Å². The van der Waals surface area contributed by atoms with Crippen LogP contribution in [0.4, 0.5) is 17.1 Å². The zero-order chi connectivity index (χ0) is 53.4. The fraction of sp³-hybridized carbons (Fsp3) is 0.448. The van der Waals surface area contributed by atoms with Crippen LogP contribution in [0.15, 0.2) is 108 Å². The first-order valence-electron chi connectivity index (χ1n) is 26.6. The summed E-state index contributed by atoms with van der Waals surface area (Å²) in [7, 11) is -1.21. The van der Waals surface area contributed by atoms with Crippen molar-refractivity contribution in [3.05, 3.63) is 136 Å². The Morgan fingerprint density at radius 2 is 1.70 bits per heavy atom. The maximum Gasteiger partial charge on any atom is 0.293 e. The van der Waals surface area contributed by atoms with Gasteiger partial charge in [0.25, 0.3) is 21.6 Å². The van der Waals surface area contributed by atoms with Gasteiger partial charge < -0.3 is 34.5 Å². The van der Waals surface area contributed by atoms with Crippen molar-refractivity contribution in [1.29, 1.82) is 0 Å². The molecule has 2 aliphatic heterocycles. The largest absolute Gasteiger partial charge is 0.493 e. The minimum atomic E-state index is -4.60. The van der Waals surface area contributed by atoms with Crippen molar-refractivity contribution in [2.45, 2.75) is 107 Å². The highest BCUT2D eigenvalue weighted by atomic mass is 32.2. The van der Waals surface area contributed by atoms with Crippen LogP contribution in [0.25, 0.3) is 11.0 Å². The number of aliphatic hydroxyl groups is 1. The summed E-state index contributed by atoms with van der Waals surface area (Å²) in [5, 5.41) is 26.5. The number of H-pyrrole nitrogens is 1. The molecule has 17 nitrogen and oxygen atoms in total. The zero-order valence-corrected chi connectivity index (χ0v) is 44.9. The average Bonchev–Trinajstić information content (AvgIpc) is 3.88. The third-order valence-corrected chi connectivity index (χ3v) is 18.0. The van der Waals surface area contributed by atoms with Crippen molar-refractivity contribution < 1.29 is 37.5 Å². The number of nitro groups is 1. The van der Waals surface area contributed by atoms with Crippen molar-refractivity contribution in [3.63, 3.8) is 0 Å². The van der Waals surface area contributed by atoms with Crippen molar-refractivity contribution in [2.24, 2.45) is 11.3 Å². The molecule has 1 unspecified atom stereocenters. The Labute approximate surface area is 445 Å². The number of piperazine rings is 1. The fourth-order valence-electron chi connectivity index (χ4n) is 12.2. The van der Waals surface area contributed by atoms with E-state index in [0.29, 0.717) is 42.7 Å². The van der Waals surface area contributed by atoms with Gasteiger partial charge in [-0.05, 0) is 129 Å². The van der Waals surface area contributed by atoms with Crippen molar-refractivity contribution >= 4 is 44.0 Å². The highest BCUT2D eigenvalue weighted by molar-refractivity contribution is 7.90. The Hall–Kier alpha value is -6.73. The number of methoxy groups -OCH3 is 2. The number of piperidine rings is 1. The predicted octanol–water partition coefficient (Wildman–Crippen LogP) is 10.2. The van der Waals surface area contributed by atoms with Crippen LogP contribution in [0.2, 0.25) is 0 Å². The lowest BCUT2D eigenvalue weighted by molar-refractivity contribution is -0.384. The van der Waals surface area contributed by atoms with Gasteiger partial charge in [-0.3, -0.25) is 24.7 Å². The summed E-state index contributed by atoms with van der Waals surface area (Å²) in [5.74, 6) is 1.65. The van der Waals surface area contributed by atoms with E-state index < -0.39 is 37.0 Å². The van der Waals surface area contributed by atoms with Crippen molar-refractivity contribution in [1.82, 2.24) is 24.5 Å². The zero-order valence-electron chi connectivity index (χ0n) is 44.1. The van der Waals surface area contributed by atoms with Crippen LogP contribution < -0.4 is 29.1 Å². The normalized spacial score (nSPS) is 21.3. The molecule has 4 aromatic carbocycles. The molecular weight excluding hydrogens is 985 g/mol.